The van der Waals surface area contributed by atoms with Crippen molar-refractivity contribution in [2.45, 2.75) is 6.04 Å². The fraction of sp³-hybridized carbons (Fsp3) is 0.182. The first kappa shape index (κ1) is 12.7. The van der Waals surface area contributed by atoms with E-state index in [-0.39, 0.29) is 0 Å². The maximum absolute atomic E-state index is 11.4. The number of carbonyl (C=O) groups excluding carboxylic acids is 2. The van der Waals surface area contributed by atoms with E-state index in [4.69, 9.17) is 5.11 Å². The first-order valence-electron chi connectivity index (χ1n) is 4.82. The van der Waals surface area contributed by atoms with Gasteiger partial charge in [-0.05, 0) is 5.56 Å². The monoisotopic (exact) mass is 236 g/mol. The summed E-state index contributed by atoms with van der Waals surface area (Å²) in [6.45, 7) is 0. The molecule has 1 aromatic rings. The van der Waals surface area contributed by atoms with Gasteiger partial charge in [-0.2, -0.15) is 0 Å². The molecule has 0 saturated heterocycles. The molecule has 6 nitrogen and oxygen atoms in total. The SMILES string of the molecule is CN(C=O)C(=O)NC(C(=O)O)c1ccccc1. The van der Waals surface area contributed by atoms with Crippen LogP contribution in [0, 0.1) is 0 Å². The van der Waals surface area contributed by atoms with Crippen LogP contribution in [0.4, 0.5) is 4.79 Å². The maximum Gasteiger partial charge on any atom is 0.330 e. The Morgan fingerprint density at radius 3 is 2.41 bits per heavy atom. The standard InChI is InChI=1S/C11H12N2O4/c1-13(7-14)11(17)12-9(10(15)16)8-5-3-2-4-6-8/h2-7,9H,1H3,(H,12,17)(H,15,16). The van der Waals surface area contributed by atoms with Crippen LogP contribution in [0.5, 0.6) is 0 Å². The molecule has 1 unspecified atom stereocenters. The number of nitrogens with zero attached hydrogens (tertiary/aromatic N) is 1. The van der Waals surface area contributed by atoms with Gasteiger partial charge in [-0.1, -0.05) is 30.3 Å². The van der Waals surface area contributed by atoms with Crippen LogP contribution in [-0.4, -0.2) is 35.5 Å². The van der Waals surface area contributed by atoms with E-state index >= 15 is 0 Å². The molecule has 0 aliphatic carbocycles. The minimum absolute atomic E-state index is 0.305. The molecule has 0 saturated carbocycles. The highest BCUT2D eigenvalue weighted by Crippen LogP contribution is 2.12. The van der Waals surface area contributed by atoms with Crippen molar-refractivity contribution in [2.75, 3.05) is 7.05 Å². The van der Waals surface area contributed by atoms with E-state index in [1.54, 1.807) is 30.3 Å². The Bertz CT molecular complexity index is 419. The second-order valence-electron chi connectivity index (χ2n) is 3.35. The number of hydrogen-bond acceptors (Lipinski definition) is 3. The number of amides is 3. The van der Waals surface area contributed by atoms with Crippen LogP contribution in [0.25, 0.3) is 0 Å². The van der Waals surface area contributed by atoms with E-state index in [0.29, 0.717) is 12.0 Å². The predicted molar refractivity (Wildman–Crippen MR) is 59.2 cm³/mol. The zero-order valence-corrected chi connectivity index (χ0v) is 9.16. The molecule has 0 aliphatic rings. The fourth-order valence-corrected chi connectivity index (χ4v) is 1.21. The summed E-state index contributed by atoms with van der Waals surface area (Å²) in [6.07, 6.45) is 0.305. The van der Waals surface area contributed by atoms with Crippen molar-refractivity contribution in [3.63, 3.8) is 0 Å². The molecular weight excluding hydrogens is 224 g/mol. The molecule has 0 bridgehead atoms. The lowest BCUT2D eigenvalue weighted by atomic mass is 10.1. The summed E-state index contributed by atoms with van der Waals surface area (Å²) in [7, 11) is 1.24. The molecular formula is C11H12N2O4. The third-order valence-electron chi connectivity index (χ3n) is 2.13. The number of benzene rings is 1. The van der Waals surface area contributed by atoms with Gasteiger partial charge < -0.3 is 10.4 Å². The molecule has 3 amide bonds. The summed E-state index contributed by atoms with van der Waals surface area (Å²) in [5, 5.41) is 11.2. The molecule has 17 heavy (non-hydrogen) atoms. The van der Waals surface area contributed by atoms with Crippen molar-refractivity contribution in [3.05, 3.63) is 35.9 Å². The van der Waals surface area contributed by atoms with E-state index in [2.05, 4.69) is 5.32 Å². The molecule has 1 aromatic carbocycles. The highest BCUT2D eigenvalue weighted by Gasteiger charge is 2.23. The van der Waals surface area contributed by atoms with Crippen molar-refractivity contribution in [3.8, 4) is 0 Å². The van der Waals surface area contributed by atoms with Crippen LogP contribution in [0.3, 0.4) is 0 Å². The minimum atomic E-state index is -1.19. The second-order valence-corrected chi connectivity index (χ2v) is 3.35. The van der Waals surface area contributed by atoms with Crippen molar-refractivity contribution in [1.29, 1.82) is 0 Å². The third-order valence-corrected chi connectivity index (χ3v) is 2.13. The first-order valence-corrected chi connectivity index (χ1v) is 4.82. The van der Waals surface area contributed by atoms with E-state index in [1.807, 2.05) is 0 Å². The van der Waals surface area contributed by atoms with Crippen LogP contribution >= 0.6 is 0 Å². The van der Waals surface area contributed by atoms with Gasteiger partial charge in [-0.15, -0.1) is 0 Å². The number of carbonyl (C=O) groups is 3. The summed E-state index contributed by atoms with van der Waals surface area (Å²) in [4.78, 5) is 33.5. The molecule has 6 heteroatoms. The first-order chi connectivity index (χ1) is 8.06. The summed E-state index contributed by atoms with van der Waals surface area (Å²) in [5.41, 5.74) is 0.438. The lowest BCUT2D eigenvalue weighted by molar-refractivity contribution is -0.139. The average molecular weight is 236 g/mol. The number of aliphatic carboxylic acids is 1. The summed E-state index contributed by atoms with van der Waals surface area (Å²) >= 11 is 0. The van der Waals surface area contributed by atoms with Gasteiger partial charge in [0.15, 0.2) is 6.04 Å². The Balaban J connectivity index is 2.85. The van der Waals surface area contributed by atoms with Crippen LogP contribution in [0.15, 0.2) is 30.3 Å². The topological polar surface area (TPSA) is 86.7 Å². The average Bonchev–Trinajstić information content (AvgIpc) is 2.35. The second kappa shape index (κ2) is 5.64. The largest absolute Gasteiger partial charge is 0.479 e. The Hall–Kier alpha value is -2.37. The van der Waals surface area contributed by atoms with Gasteiger partial charge in [0.2, 0.25) is 6.41 Å². The van der Waals surface area contributed by atoms with Crippen LogP contribution in [-0.2, 0) is 9.59 Å². The van der Waals surface area contributed by atoms with Gasteiger partial charge in [0.05, 0.1) is 0 Å². The number of carboxylic acid groups (broad SMARTS) is 1. The van der Waals surface area contributed by atoms with Crippen LogP contribution < -0.4 is 5.32 Å². The van der Waals surface area contributed by atoms with Crippen molar-refractivity contribution >= 4 is 18.4 Å². The maximum atomic E-state index is 11.4. The Kier molecular flexibility index (Phi) is 4.21. The number of urea groups is 1. The molecule has 0 aromatic heterocycles. The van der Waals surface area contributed by atoms with Crippen molar-refractivity contribution in [2.24, 2.45) is 0 Å². The predicted octanol–water partition coefficient (Wildman–Crippen LogP) is 0.610. The van der Waals surface area contributed by atoms with E-state index in [9.17, 15) is 14.4 Å². The molecule has 0 fully saturated rings. The minimum Gasteiger partial charge on any atom is -0.479 e. The Labute approximate surface area is 97.8 Å². The number of carboxylic acids is 1. The van der Waals surface area contributed by atoms with Crippen LogP contribution in [0.1, 0.15) is 11.6 Å². The lowest BCUT2D eigenvalue weighted by Gasteiger charge is -2.17. The zero-order valence-electron chi connectivity index (χ0n) is 9.16. The summed E-state index contributed by atoms with van der Waals surface area (Å²) < 4.78 is 0. The molecule has 1 atom stereocenters. The van der Waals surface area contributed by atoms with E-state index in [0.717, 1.165) is 4.90 Å². The molecule has 0 aliphatic heterocycles. The number of nitrogens with one attached hydrogen (secondary N) is 1. The number of rotatable bonds is 4. The normalized spacial score (nSPS) is 11.4. The smallest absolute Gasteiger partial charge is 0.330 e. The van der Waals surface area contributed by atoms with Gasteiger partial charge in [0.25, 0.3) is 0 Å². The molecule has 0 heterocycles. The highest BCUT2D eigenvalue weighted by atomic mass is 16.4. The van der Waals surface area contributed by atoms with Crippen molar-refractivity contribution < 1.29 is 19.5 Å². The summed E-state index contributed by atoms with van der Waals surface area (Å²) in [6, 6.07) is 6.30. The fourth-order valence-electron chi connectivity index (χ4n) is 1.21. The Morgan fingerprint density at radius 1 is 1.35 bits per heavy atom. The highest BCUT2D eigenvalue weighted by molar-refractivity contribution is 5.88. The lowest BCUT2D eigenvalue weighted by Crippen LogP contribution is -2.41. The molecule has 0 radical (unpaired) electrons. The molecule has 90 valence electrons. The van der Waals surface area contributed by atoms with Gasteiger partial charge in [0.1, 0.15) is 0 Å². The summed E-state index contributed by atoms with van der Waals surface area (Å²) in [5.74, 6) is -1.19. The quantitative estimate of drug-likeness (QED) is 0.750. The molecule has 2 N–H and O–H groups in total. The number of imide groups is 1. The molecule has 1 rings (SSSR count). The Morgan fingerprint density at radius 2 is 1.94 bits per heavy atom. The van der Waals surface area contributed by atoms with E-state index in [1.165, 1.54) is 7.05 Å². The van der Waals surface area contributed by atoms with Gasteiger partial charge in [-0.25, -0.2) is 9.59 Å². The van der Waals surface area contributed by atoms with Gasteiger partial charge >= 0.3 is 12.0 Å². The molecule has 0 spiro atoms. The van der Waals surface area contributed by atoms with Crippen molar-refractivity contribution in [1.82, 2.24) is 10.2 Å². The van der Waals surface area contributed by atoms with Crippen LogP contribution in [0.2, 0.25) is 0 Å². The zero-order chi connectivity index (χ0) is 12.8. The third kappa shape index (κ3) is 3.30. The number of hydrogen-bond donors (Lipinski definition) is 2. The van der Waals surface area contributed by atoms with E-state index < -0.39 is 18.0 Å². The van der Waals surface area contributed by atoms with Gasteiger partial charge in [0, 0.05) is 7.05 Å². The van der Waals surface area contributed by atoms with Gasteiger partial charge in [-0.3, -0.25) is 9.69 Å².